The second-order valence-electron chi connectivity index (χ2n) is 5.78. The molecule has 122 valence electrons. The number of aromatic hydroxyl groups is 1. The molecular formula is C19H19N3O2. The summed E-state index contributed by atoms with van der Waals surface area (Å²) in [6, 6.07) is 13.1. The van der Waals surface area contributed by atoms with E-state index in [9.17, 15) is 9.90 Å². The monoisotopic (exact) mass is 321 g/mol. The lowest BCUT2D eigenvalue weighted by Crippen LogP contribution is -2.14. The Hall–Kier alpha value is -3.08. The summed E-state index contributed by atoms with van der Waals surface area (Å²) in [6.45, 7) is 5.90. The van der Waals surface area contributed by atoms with E-state index in [1.807, 2.05) is 49.6 Å². The highest BCUT2D eigenvalue weighted by Gasteiger charge is 2.18. The predicted octanol–water partition coefficient (Wildman–Crippen LogP) is 3.76. The van der Waals surface area contributed by atoms with Gasteiger partial charge in [-0.1, -0.05) is 12.1 Å². The average molecular weight is 321 g/mol. The van der Waals surface area contributed by atoms with E-state index in [-0.39, 0.29) is 17.5 Å². The summed E-state index contributed by atoms with van der Waals surface area (Å²) in [4.78, 5) is 16.6. The molecule has 2 heterocycles. The first kappa shape index (κ1) is 15.8. The van der Waals surface area contributed by atoms with Gasteiger partial charge in [0.25, 0.3) is 5.91 Å². The lowest BCUT2D eigenvalue weighted by Gasteiger charge is -2.11. The van der Waals surface area contributed by atoms with Crippen LogP contribution < -0.4 is 5.32 Å². The third-order valence-corrected chi connectivity index (χ3v) is 3.95. The molecule has 0 fully saturated rings. The normalized spacial score (nSPS) is 10.6. The van der Waals surface area contributed by atoms with Gasteiger partial charge in [0.1, 0.15) is 0 Å². The first-order chi connectivity index (χ1) is 11.5. The van der Waals surface area contributed by atoms with Crippen LogP contribution in [0.4, 0.5) is 5.82 Å². The molecule has 0 bridgehead atoms. The number of hydrogen-bond acceptors (Lipinski definition) is 3. The van der Waals surface area contributed by atoms with Gasteiger partial charge in [0, 0.05) is 23.3 Å². The van der Waals surface area contributed by atoms with Gasteiger partial charge in [-0.25, -0.2) is 4.98 Å². The molecule has 0 radical (unpaired) electrons. The van der Waals surface area contributed by atoms with Crippen LogP contribution >= 0.6 is 0 Å². The van der Waals surface area contributed by atoms with Crippen LogP contribution in [0.25, 0.3) is 5.69 Å². The number of hydrogen-bond donors (Lipinski definition) is 2. The lowest BCUT2D eigenvalue weighted by molar-refractivity contribution is 0.102. The fraction of sp³-hybridized carbons (Fsp3) is 0.158. The molecule has 0 spiro atoms. The first-order valence-electron chi connectivity index (χ1n) is 7.68. The quantitative estimate of drug-likeness (QED) is 0.772. The topological polar surface area (TPSA) is 67.2 Å². The zero-order valence-corrected chi connectivity index (χ0v) is 13.9. The zero-order valence-electron chi connectivity index (χ0n) is 13.9. The van der Waals surface area contributed by atoms with E-state index in [4.69, 9.17) is 0 Å². The molecule has 0 saturated heterocycles. The van der Waals surface area contributed by atoms with Gasteiger partial charge in [-0.2, -0.15) is 0 Å². The van der Waals surface area contributed by atoms with Crippen molar-refractivity contribution < 1.29 is 9.90 Å². The van der Waals surface area contributed by atoms with E-state index in [2.05, 4.69) is 16.4 Å². The maximum atomic E-state index is 12.6. The second kappa shape index (κ2) is 6.20. The Bertz CT molecular complexity index is 913. The van der Waals surface area contributed by atoms with Crippen molar-refractivity contribution in [3.63, 3.8) is 0 Å². The number of rotatable bonds is 3. The second-order valence-corrected chi connectivity index (χ2v) is 5.78. The Labute approximate surface area is 140 Å². The van der Waals surface area contributed by atoms with Gasteiger partial charge in [-0.05, 0) is 56.7 Å². The predicted molar refractivity (Wildman–Crippen MR) is 93.8 cm³/mol. The van der Waals surface area contributed by atoms with Crippen molar-refractivity contribution in [3.8, 4) is 11.4 Å². The Morgan fingerprint density at radius 2 is 1.92 bits per heavy atom. The molecular weight excluding hydrogens is 302 g/mol. The number of benzene rings is 1. The zero-order chi connectivity index (χ0) is 17.3. The summed E-state index contributed by atoms with van der Waals surface area (Å²) in [5.74, 6) is -0.197. The van der Waals surface area contributed by atoms with Gasteiger partial charge in [0.15, 0.2) is 11.6 Å². The van der Waals surface area contributed by atoms with Gasteiger partial charge in [-0.3, -0.25) is 4.79 Å². The van der Waals surface area contributed by atoms with Gasteiger partial charge < -0.3 is 15.0 Å². The third-order valence-electron chi connectivity index (χ3n) is 3.95. The molecule has 5 heteroatoms. The van der Waals surface area contributed by atoms with E-state index in [0.717, 1.165) is 22.6 Å². The number of pyridine rings is 1. The number of aryl methyl sites for hydroxylation is 2. The average Bonchev–Trinajstić information content (AvgIpc) is 2.84. The van der Waals surface area contributed by atoms with Crippen molar-refractivity contribution in [2.45, 2.75) is 20.8 Å². The molecule has 5 nitrogen and oxygen atoms in total. The number of nitrogens with one attached hydrogen (secondary N) is 1. The molecule has 1 aromatic carbocycles. The Balaban J connectivity index is 1.97. The maximum Gasteiger partial charge on any atom is 0.258 e. The van der Waals surface area contributed by atoms with Crippen molar-refractivity contribution in [3.05, 3.63) is 71.2 Å². The van der Waals surface area contributed by atoms with Crippen LogP contribution in [0, 0.1) is 20.8 Å². The third kappa shape index (κ3) is 2.88. The van der Waals surface area contributed by atoms with Crippen LogP contribution in [0.3, 0.4) is 0 Å². The van der Waals surface area contributed by atoms with E-state index >= 15 is 0 Å². The number of carbonyl (C=O) groups excluding carboxylic acids is 1. The maximum absolute atomic E-state index is 12.6. The molecule has 0 atom stereocenters. The largest absolute Gasteiger partial charge is 0.504 e. The number of nitrogens with zero attached hydrogens (tertiary/aromatic N) is 2. The van der Waals surface area contributed by atoms with Gasteiger partial charge in [0.2, 0.25) is 0 Å². The fourth-order valence-corrected chi connectivity index (χ4v) is 2.83. The molecule has 3 rings (SSSR count). The van der Waals surface area contributed by atoms with E-state index in [0.29, 0.717) is 5.56 Å². The molecule has 0 aliphatic rings. The molecule has 1 amide bonds. The molecule has 24 heavy (non-hydrogen) atoms. The lowest BCUT2D eigenvalue weighted by atomic mass is 10.2. The SMILES string of the molecule is Cc1cccc(-n2c(C)cc(C(=O)Nc3ncccc3O)c2C)c1. The Morgan fingerprint density at radius 3 is 2.62 bits per heavy atom. The molecule has 0 unspecified atom stereocenters. The van der Waals surface area contributed by atoms with Gasteiger partial charge >= 0.3 is 0 Å². The van der Waals surface area contributed by atoms with Crippen LogP contribution in [0.2, 0.25) is 0 Å². The highest BCUT2D eigenvalue weighted by atomic mass is 16.3. The van der Waals surface area contributed by atoms with Crippen molar-refractivity contribution in [1.29, 1.82) is 0 Å². The van der Waals surface area contributed by atoms with Crippen molar-refractivity contribution >= 4 is 11.7 Å². The Morgan fingerprint density at radius 1 is 1.12 bits per heavy atom. The summed E-state index contributed by atoms with van der Waals surface area (Å²) < 4.78 is 2.04. The highest BCUT2D eigenvalue weighted by Crippen LogP contribution is 2.24. The molecule has 0 aliphatic carbocycles. The minimum absolute atomic E-state index is 0.0571. The number of aromatic nitrogens is 2. The van der Waals surface area contributed by atoms with Crippen LogP contribution in [-0.2, 0) is 0 Å². The summed E-state index contributed by atoms with van der Waals surface area (Å²) in [6.07, 6.45) is 1.52. The van der Waals surface area contributed by atoms with E-state index in [1.54, 1.807) is 6.07 Å². The molecule has 3 aromatic rings. The van der Waals surface area contributed by atoms with Crippen LogP contribution in [0.15, 0.2) is 48.7 Å². The van der Waals surface area contributed by atoms with Crippen molar-refractivity contribution in [1.82, 2.24) is 9.55 Å². The number of anilines is 1. The van der Waals surface area contributed by atoms with E-state index in [1.165, 1.54) is 12.3 Å². The van der Waals surface area contributed by atoms with E-state index < -0.39 is 0 Å². The molecule has 0 saturated carbocycles. The van der Waals surface area contributed by atoms with Crippen LogP contribution in [0.1, 0.15) is 27.3 Å². The molecule has 0 aliphatic heterocycles. The Kier molecular flexibility index (Phi) is 4.08. The minimum Gasteiger partial charge on any atom is -0.504 e. The summed E-state index contributed by atoms with van der Waals surface area (Å²) >= 11 is 0. The van der Waals surface area contributed by atoms with Gasteiger partial charge in [-0.15, -0.1) is 0 Å². The molecule has 2 N–H and O–H groups in total. The smallest absolute Gasteiger partial charge is 0.258 e. The number of amides is 1. The van der Waals surface area contributed by atoms with Crippen LogP contribution in [0.5, 0.6) is 5.75 Å². The van der Waals surface area contributed by atoms with Crippen LogP contribution in [-0.4, -0.2) is 20.6 Å². The standard InChI is InChI=1S/C19H19N3O2/c1-12-6-4-7-15(10-12)22-13(2)11-16(14(22)3)19(24)21-18-17(23)8-5-9-20-18/h4-11,23H,1-3H3,(H,20,21,24). The summed E-state index contributed by atoms with van der Waals surface area (Å²) in [5, 5.41) is 12.4. The summed E-state index contributed by atoms with van der Waals surface area (Å²) in [5.41, 5.74) is 4.53. The summed E-state index contributed by atoms with van der Waals surface area (Å²) in [7, 11) is 0. The highest BCUT2D eigenvalue weighted by molar-refractivity contribution is 6.05. The van der Waals surface area contributed by atoms with Gasteiger partial charge in [0.05, 0.1) is 5.56 Å². The van der Waals surface area contributed by atoms with Crippen molar-refractivity contribution in [2.75, 3.05) is 5.32 Å². The number of carbonyl (C=O) groups is 1. The first-order valence-corrected chi connectivity index (χ1v) is 7.68. The fourth-order valence-electron chi connectivity index (χ4n) is 2.83. The molecule has 2 aromatic heterocycles. The van der Waals surface area contributed by atoms with Crippen molar-refractivity contribution in [2.24, 2.45) is 0 Å². The minimum atomic E-state index is -0.295.